The van der Waals surface area contributed by atoms with E-state index in [0.29, 0.717) is 5.84 Å². The molecule has 2 heterocycles. The molecule has 1 aromatic rings. The molecule has 0 saturated carbocycles. The number of aryl methyl sites for hydroxylation is 1. The quantitative estimate of drug-likeness (QED) is 0.668. The lowest BCUT2D eigenvalue weighted by atomic mass is 9.96. The van der Waals surface area contributed by atoms with Gasteiger partial charge < -0.3 is 5.73 Å². The predicted octanol–water partition coefficient (Wildman–Crippen LogP) is 3.54. The predicted molar refractivity (Wildman–Crippen MR) is 97.4 cm³/mol. The zero-order valence-electron chi connectivity index (χ0n) is 14.3. The van der Waals surface area contributed by atoms with Crippen molar-refractivity contribution in [3.05, 3.63) is 23.5 Å². The molecule has 0 bridgehead atoms. The lowest BCUT2D eigenvalue weighted by molar-refractivity contribution is 0.567. The van der Waals surface area contributed by atoms with Crippen molar-refractivity contribution in [3.8, 4) is 12.3 Å². The van der Waals surface area contributed by atoms with Crippen molar-refractivity contribution in [2.75, 3.05) is 6.54 Å². The molecule has 0 aliphatic carbocycles. The second-order valence-electron chi connectivity index (χ2n) is 6.13. The molecule has 1 aromatic heterocycles. The number of aromatic nitrogens is 2. The van der Waals surface area contributed by atoms with Crippen LogP contribution in [0, 0.1) is 12.3 Å². The van der Waals surface area contributed by atoms with Crippen molar-refractivity contribution in [2.24, 2.45) is 10.7 Å². The molecule has 1 aliphatic rings. The minimum atomic E-state index is 0.552. The first-order valence-electron chi connectivity index (χ1n) is 8.70. The van der Waals surface area contributed by atoms with E-state index in [-0.39, 0.29) is 0 Å². The lowest BCUT2D eigenvalue weighted by Gasteiger charge is -2.12. The SMILES string of the molecule is C#CCCCc1c2c(nn1CCC)/C(N)=N\CCCCCC2=C. The number of nitrogens with two attached hydrogens (primary N) is 1. The van der Waals surface area contributed by atoms with Crippen molar-refractivity contribution in [3.63, 3.8) is 0 Å². The summed E-state index contributed by atoms with van der Waals surface area (Å²) in [6, 6.07) is 0. The highest BCUT2D eigenvalue weighted by molar-refractivity contribution is 6.00. The number of unbranched alkanes of at least 4 members (excludes halogenated alkanes) is 1. The molecule has 0 aromatic carbocycles. The van der Waals surface area contributed by atoms with E-state index >= 15 is 0 Å². The van der Waals surface area contributed by atoms with Crippen molar-refractivity contribution < 1.29 is 0 Å². The molecule has 124 valence electrons. The Labute approximate surface area is 139 Å². The number of amidine groups is 1. The fourth-order valence-electron chi connectivity index (χ4n) is 3.08. The highest BCUT2D eigenvalue weighted by Crippen LogP contribution is 2.29. The van der Waals surface area contributed by atoms with Crippen molar-refractivity contribution in [2.45, 2.75) is 64.8 Å². The van der Waals surface area contributed by atoms with Gasteiger partial charge in [-0.2, -0.15) is 5.10 Å². The van der Waals surface area contributed by atoms with Crippen LogP contribution in [0.1, 0.15) is 68.8 Å². The zero-order chi connectivity index (χ0) is 16.7. The third kappa shape index (κ3) is 4.25. The Morgan fingerprint density at radius 1 is 1.35 bits per heavy atom. The number of fused-ring (bicyclic) bond motifs is 1. The van der Waals surface area contributed by atoms with Gasteiger partial charge in [0.2, 0.25) is 0 Å². The van der Waals surface area contributed by atoms with Crippen LogP contribution >= 0.6 is 0 Å². The third-order valence-corrected chi connectivity index (χ3v) is 4.24. The van der Waals surface area contributed by atoms with E-state index in [4.69, 9.17) is 17.3 Å². The molecule has 0 spiro atoms. The summed E-state index contributed by atoms with van der Waals surface area (Å²) in [5, 5.41) is 4.77. The van der Waals surface area contributed by atoms with Gasteiger partial charge >= 0.3 is 0 Å². The number of hydrogen-bond donors (Lipinski definition) is 1. The second-order valence-corrected chi connectivity index (χ2v) is 6.13. The van der Waals surface area contributed by atoms with E-state index in [9.17, 15) is 0 Å². The van der Waals surface area contributed by atoms with E-state index in [1.165, 1.54) is 12.1 Å². The molecule has 2 rings (SSSR count). The minimum absolute atomic E-state index is 0.552. The van der Waals surface area contributed by atoms with Crippen LogP contribution < -0.4 is 5.73 Å². The van der Waals surface area contributed by atoms with E-state index in [1.807, 2.05) is 0 Å². The molecular formula is C19H28N4. The summed E-state index contributed by atoms with van der Waals surface area (Å²) in [7, 11) is 0. The smallest absolute Gasteiger partial charge is 0.147 e. The van der Waals surface area contributed by atoms with Gasteiger partial charge in [-0.15, -0.1) is 12.3 Å². The molecule has 0 unspecified atom stereocenters. The van der Waals surface area contributed by atoms with E-state index < -0.39 is 0 Å². The summed E-state index contributed by atoms with van der Waals surface area (Å²) in [6.45, 7) is 8.15. The summed E-state index contributed by atoms with van der Waals surface area (Å²) in [5.74, 6) is 3.27. The van der Waals surface area contributed by atoms with Crippen LogP contribution in [0.2, 0.25) is 0 Å². The van der Waals surface area contributed by atoms with Crippen LogP contribution in [0.25, 0.3) is 5.57 Å². The van der Waals surface area contributed by atoms with Crippen LogP contribution in [-0.2, 0) is 13.0 Å². The fraction of sp³-hybridized carbons (Fsp3) is 0.579. The van der Waals surface area contributed by atoms with Crippen molar-refractivity contribution >= 4 is 11.4 Å². The molecule has 0 radical (unpaired) electrons. The zero-order valence-corrected chi connectivity index (χ0v) is 14.3. The Morgan fingerprint density at radius 2 is 2.17 bits per heavy atom. The number of nitrogens with zero attached hydrogens (tertiary/aromatic N) is 3. The molecule has 0 saturated heterocycles. The number of hydrogen-bond acceptors (Lipinski definition) is 3. The largest absolute Gasteiger partial charge is 0.382 e. The minimum Gasteiger partial charge on any atom is -0.382 e. The maximum absolute atomic E-state index is 6.23. The monoisotopic (exact) mass is 312 g/mol. The van der Waals surface area contributed by atoms with Gasteiger partial charge in [0.05, 0.1) is 0 Å². The highest BCUT2D eigenvalue weighted by atomic mass is 15.3. The Kier molecular flexibility index (Phi) is 6.46. The maximum atomic E-state index is 6.23. The molecule has 1 aliphatic heterocycles. The summed E-state index contributed by atoms with van der Waals surface area (Å²) in [5.41, 5.74) is 10.5. The van der Waals surface area contributed by atoms with Gasteiger partial charge in [0.25, 0.3) is 0 Å². The summed E-state index contributed by atoms with van der Waals surface area (Å²) in [4.78, 5) is 4.52. The first kappa shape index (κ1) is 17.3. The second kappa shape index (κ2) is 8.57. The normalized spacial score (nSPS) is 17.9. The van der Waals surface area contributed by atoms with E-state index in [2.05, 4.69) is 29.1 Å². The van der Waals surface area contributed by atoms with Gasteiger partial charge in [-0.05, 0) is 44.1 Å². The van der Waals surface area contributed by atoms with E-state index in [1.54, 1.807) is 0 Å². The Hall–Kier alpha value is -2.02. The van der Waals surface area contributed by atoms with Crippen LogP contribution in [-0.4, -0.2) is 22.2 Å². The summed E-state index contributed by atoms with van der Waals surface area (Å²) < 4.78 is 2.09. The first-order chi connectivity index (χ1) is 11.2. The fourth-order valence-corrected chi connectivity index (χ4v) is 3.08. The van der Waals surface area contributed by atoms with Crippen molar-refractivity contribution in [1.29, 1.82) is 0 Å². The topological polar surface area (TPSA) is 56.2 Å². The maximum Gasteiger partial charge on any atom is 0.147 e. The van der Waals surface area contributed by atoms with Gasteiger partial charge in [-0.25, -0.2) is 0 Å². The van der Waals surface area contributed by atoms with Crippen LogP contribution in [0.15, 0.2) is 11.6 Å². The average molecular weight is 312 g/mol. The van der Waals surface area contributed by atoms with Crippen LogP contribution in [0.3, 0.4) is 0 Å². The molecule has 4 nitrogen and oxygen atoms in total. The van der Waals surface area contributed by atoms with Gasteiger partial charge in [-0.3, -0.25) is 9.67 Å². The molecular weight excluding hydrogens is 284 g/mol. The molecule has 0 amide bonds. The Morgan fingerprint density at radius 3 is 2.91 bits per heavy atom. The van der Waals surface area contributed by atoms with Gasteiger partial charge in [0.15, 0.2) is 0 Å². The molecule has 23 heavy (non-hydrogen) atoms. The van der Waals surface area contributed by atoms with Crippen LogP contribution in [0.5, 0.6) is 0 Å². The molecule has 2 N–H and O–H groups in total. The highest BCUT2D eigenvalue weighted by Gasteiger charge is 2.22. The first-order valence-corrected chi connectivity index (χ1v) is 8.70. The summed E-state index contributed by atoms with van der Waals surface area (Å²) >= 11 is 0. The van der Waals surface area contributed by atoms with Gasteiger partial charge in [-0.1, -0.05) is 19.9 Å². The number of terminal acetylenes is 1. The van der Waals surface area contributed by atoms with Gasteiger partial charge in [0, 0.05) is 30.8 Å². The number of allylic oxidation sites excluding steroid dienone is 1. The standard InChI is InChI=1S/C19H28N4/c1-4-6-8-12-16-17-15(3)11-9-7-10-13-21-19(20)18(17)22-23(16)14-5-2/h1H,3,5-14H2,2H3,(H2,20,21). The number of rotatable bonds is 5. The Bertz CT molecular complexity index is 616. The number of aliphatic imine (C=N–C) groups is 1. The summed E-state index contributed by atoms with van der Waals surface area (Å²) in [6.07, 6.45) is 13.5. The van der Waals surface area contributed by atoms with Crippen molar-refractivity contribution in [1.82, 2.24) is 9.78 Å². The van der Waals surface area contributed by atoms with E-state index in [0.717, 1.165) is 74.9 Å². The molecule has 0 atom stereocenters. The molecule has 4 heteroatoms. The third-order valence-electron chi connectivity index (χ3n) is 4.24. The Balaban J connectivity index is 2.47. The van der Waals surface area contributed by atoms with Crippen LogP contribution in [0.4, 0.5) is 0 Å². The van der Waals surface area contributed by atoms with Gasteiger partial charge in [0.1, 0.15) is 11.5 Å². The average Bonchev–Trinajstić information content (AvgIpc) is 2.89. The molecule has 0 fully saturated rings. The lowest BCUT2D eigenvalue weighted by Crippen LogP contribution is -2.17.